The molecule has 0 saturated carbocycles. The number of ether oxygens (including phenoxy) is 1. The maximum atomic E-state index is 12.2. The van der Waals surface area contributed by atoms with E-state index in [2.05, 4.69) is 29.5 Å². The van der Waals surface area contributed by atoms with Crippen molar-refractivity contribution in [2.75, 3.05) is 6.54 Å². The summed E-state index contributed by atoms with van der Waals surface area (Å²) in [5, 5.41) is 7.53. The van der Waals surface area contributed by atoms with Gasteiger partial charge in [0.2, 0.25) is 0 Å². The van der Waals surface area contributed by atoms with Crippen LogP contribution >= 0.6 is 11.6 Å². The molecular formula is C21H24ClN3O3. The fourth-order valence-corrected chi connectivity index (χ4v) is 2.92. The highest BCUT2D eigenvalue weighted by Gasteiger charge is 2.11. The van der Waals surface area contributed by atoms with Crippen molar-refractivity contribution in [3.05, 3.63) is 70.9 Å². The van der Waals surface area contributed by atoms with Crippen molar-refractivity contribution in [1.29, 1.82) is 0 Å². The van der Waals surface area contributed by atoms with Crippen LogP contribution in [-0.2, 0) is 19.6 Å². The summed E-state index contributed by atoms with van der Waals surface area (Å²) in [4.78, 5) is 12.2. The Kier molecular flexibility index (Phi) is 7.14. The number of benzene rings is 1. The minimum absolute atomic E-state index is 0.242. The first-order valence-corrected chi connectivity index (χ1v) is 9.78. The van der Waals surface area contributed by atoms with E-state index in [-0.39, 0.29) is 18.3 Å². The fraction of sp³-hybridized carbons (Fsp3) is 0.333. The molecule has 0 aliphatic rings. The van der Waals surface area contributed by atoms with Crippen molar-refractivity contribution in [1.82, 2.24) is 15.1 Å². The number of aromatic nitrogens is 2. The van der Waals surface area contributed by atoms with Crippen LogP contribution in [0.4, 0.5) is 0 Å². The minimum Gasteiger partial charge on any atom is -0.486 e. The first-order valence-electron chi connectivity index (χ1n) is 9.40. The molecule has 0 spiro atoms. The number of nitrogens with zero attached hydrogens (tertiary/aromatic N) is 2. The summed E-state index contributed by atoms with van der Waals surface area (Å²) >= 11 is 5.81. The molecule has 0 fully saturated rings. The van der Waals surface area contributed by atoms with Gasteiger partial charge in [-0.2, -0.15) is 5.10 Å². The van der Waals surface area contributed by atoms with Gasteiger partial charge in [0.1, 0.15) is 18.1 Å². The van der Waals surface area contributed by atoms with E-state index in [4.69, 9.17) is 20.8 Å². The standard InChI is InChI=1S/C21H24ClN3O3/c1-2-4-16-5-7-18(8-6-16)27-15-19-9-10-20(28-19)21(26)23-11-3-12-25-14-17(22)13-24-25/h5-10,13-14H,2-4,11-12,15H2,1H3,(H,23,26). The molecule has 7 heteroatoms. The maximum Gasteiger partial charge on any atom is 0.286 e. The molecule has 0 saturated heterocycles. The third-order valence-corrected chi connectivity index (χ3v) is 4.38. The van der Waals surface area contributed by atoms with Crippen LogP contribution in [0.3, 0.4) is 0 Å². The molecule has 1 N–H and O–H groups in total. The lowest BCUT2D eigenvalue weighted by Gasteiger charge is -2.06. The number of aryl methyl sites for hydroxylation is 2. The van der Waals surface area contributed by atoms with Gasteiger partial charge in [-0.3, -0.25) is 9.48 Å². The van der Waals surface area contributed by atoms with Gasteiger partial charge >= 0.3 is 0 Å². The van der Waals surface area contributed by atoms with Gasteiger partial charge in [-0.1, -0.05) is 37.1 Å². The van der Waals surface area contributed by atoms with Crippen LogP contribution in [0.5, 0.6) is 5.75 Å². The fourth-order valence-electron chi connectivity index (χ4n) is 2.76. The lowest BCUT2D eigenvalue weighted by atomic mass is 10.1. The molecule has 0 unspecified atom stereocenters. The Morgan fingerprint density at radius 1 is 1.25 bits per heavy atom. The Labute approximate surface area is 169 Å². The quantitative estimate of drug-likeness (QED) is 0.508. The second kappa shape index (κ2) is 9.99. The summed E-state index contributed by atoms with van der Waals surface area (Å²) < 4.78 is 13.0. The van der Waals surface area contributed by atoms with Gasteiger partial charge < -0.3 is 14.5 Å². The molecular weight excluding hydrogens is 378 g/mol. The number of carbonyl (C=O) groups excluding carboxylic acids is 1. The number of carbonyl (C=O) groups is 1. The summed E-state index contributed by atoms with van der Waals surface area (Å²) in [7, 11) is 0. The molecule has 0 radical (unpaired) electrons. The molecule has 0 aliphatic carbocycles. The minimum atomic E-state index is -0.242. The van der Waals surface area contributed by atoms with Crippen LogP contribution in [0, 0.1) is 0 Å². The van der Waals surface area contributed by atoms with Crippen LogP contribution in [0.1, 0.15) is 41.6 Å². The number of hydrogen-bond donors (Lipinski definition) is 1. The predicted octanol–water partition coefficient (Wildman–Crippen LogP) is 4.48. The molecule has 3 aromatic rings. The summed E-state index contributed by atoms with van der Waals surface area (Å²) in [5.74, 6) is 1.42. The van der Waals surface area contributed by atoms with Gasteiger partial charge in [0.15, 0.2) is 5.76 Å². The Hall–Kier alpha value is -2.73. The second-order valence-corrected chi connectivity index (χ2v) is 6.92. The number of halogens is 1. The van der Waals surface area contributed by atoms with Gasteiger partial charge in [0.05, 0.1) is 11.2 Å². The highest BCUT2D eigenvalue weighted by Crippen LogP contribution is 2.16. The molecule has 1 aromatic carbocycles. The Balaban J connectivity index is 1.40. The molecule has 0 bridgehead atoms. The zero-order chi connectivity index (χ0) is 19.8. The number of hydrogen-bond acceptors (Lipinski definition) is 4. The monoisotopic (exact) mass is 401 g/mol. The molecule has 6 nitrogen and oxygen atoms in total. The lowest BCUT2D eigenvalue weighted by molar-refractivity contribution is 0.0921. The van der Waals surface area contributed by atoms with Crippen LogP contribution in [0.2, 0.25) is 5.02 Å². The first kappa shape index (κ1) is 20.0. The summed E-state index contributed by atoms with van der Waals surface area (Å²) in [6.45, 7) is 3.64. The molecule has 0 atom stereocenters. The zero-order valence-electron chi connectivity index (χ0n) is 15.9. The van der Waals surface area contributed by atoms with Crippen molar-refractivity contribution in [2.24, 2.45) is 0 Å². The molecule has 2 heterocycles. The van der Waals surface area contributed by atoms with Crippen molar-refractivity contribution in [3.8, 4) is 5.75 Å². The Morgan fingerprint density at radius 3 is 2.79 bits per heavy atom. The molecule has 2 aromatic heterocycles. The van der Waals surface area contributed by atoms with E-state index < -0.39 is 0 Å². The summed E-state index contributed by atoms with van der Waals surface area (Å²) in [5.41, 5.74) is 1.29. The first-order chi connectivity index (χ1) is 13.6. The number of furan rings is 1. The average molecular weight is 402 g/mol. The number of nitrogens with one attached hydrogen (secondary N) is 1. The van der Waals surface area contributed by atoms with E-state index in [9.17, 15) is 4.79 Å². The lowest BCUT2D eigenvalue weighted by Crippen LogP contribution is -2.24. The Bertz CT molecular complexity index is 886. The van der Waals surface area contributed by atoms with E-state index in [1.807, 2.05) is 12.1 Å². The van der Waals surface area contributed by atoms with Gasteiger partial charge in [-0.15, -0.1) is 0 Å². The van der Waals surface area contributed by atoms with E-state index in [0.29, 0.717) is 23.9 Å². The normalized spacial score (nSPS) is 10.8. The maximum absolute atomic E-state index is 12.2. The highest BCUT2D eigenvalue weighted by atomic mass is 35.5. The topological polar surface area (TPSA) is 69.3 Å². The van der Waals surface area contributed by atoms with E-state index in [1.54, 1.807) is 29.2 Å². The molecule has 148 valence electrons. The van der Waals surface area contributed by atoms with Gasteiger partial charge in [-0.05, 0) is 42.7 Å². The van der Waals surface area contributed by atoms with E-state index in [1.165, 1.54) is 5.56 Å². The van der Waals surface area contributed by atoms with Crippen molar-refractivity contribution in [3.63, 3.8) is 0 Å². The predicted molar refractivity (Wildman–Crippen MR) is 108 cm³/mol. The number of amides is 1. The van der Waals surface area contributed by atoms with Crippen LogP contribution in [-0.4, -0.2) is 22.2 Å². The van der Waals surface area contributed by atoms with Gasteiger partial charge in [0.25, 0.3) is 5.91 Å². The van der Waals surface area contributed by atoms with Crippen molar-refractivity contribution < 1.29 is 13.9 Å². The van der Waals surface area contributed by atoms with E-state index in [0.717, 1.165) is 25.0 Å². The van der Waals surface area contributed by atoms with Crippen LogP contribution < -0.4 is 10.1 Å². The van der Waals surface area contributed by atoms with Crippen molar-refractivity contribution in [2.45, 2.75) is 39.3 Å². The molecule has 3 rings (SSSR count). The third-order valence-electron chi connectivity index (χ3n) is 4.18. The smallest absolute Gasteiger partial charge is 0.286 e. The zero-order valence-corrected chi connectivity index (χ0v) is 16.6. The van der Waals surface area contributed by atoms with Crippen LogP contribution in [0.25, 0.3) is 0 Å². The third kappa shape index (κ3) is 5.89. The van der Waals surface area contributed by atoms with Crippen LogP contribution in [0.15, 0.2) is 53.2 Å². The SMILES string of the molecule is CCCc1ccc(OCc2ccc(C(=O)NCCCn3cc(Cl)cn3)o2)cc1. The largest absolute Gasteiger partial charge is 0.486 e. The average Bonchev–Trinajstić information content (AvgIpc) is 3.34. The summed E-state index contributed by atoms with van der Waals surface area (Å²) in [6.07, 6.45) is 6.27. The highest BCUT2D eigenvalue weighted by molar-refractivity contribution is 6.30. The van der Waals surface area contributed by atoms with Crippen molar-refractivity contribution >= 4 is 17.5 Å². The van der Waals surface area contributed by atoms with Gasteiger partial charge in [0, 0.05) is 19.3 Å². The number of rotatable bonds is 10. The van der Waals surface area contributed by atoms with E-state index >= 15 is 0 Å². The molecule has 1 amide bonds. The summed E-state index contributed by atoms with van der Waals surface area (Å²) in [6, 6.07) is 11.5. The Morgan fingerprint density at radius 2 is 2.07 bits per heavy atom. The van der Waals surface area contributed by atoms with Gasteiger partial charge in [-0.25, -0.2) is 0 Å². The molecule has 28 heavy (non-hydrogen) atoms. The second-order valence-electron chi connectivity index (χ2n) is 6.48. The molecule has 0 aliphatic heterocycles.